The van der Waals surface area contributed by atoms with Crippen molar-refractivity contribution in [3.05, 3.63) is 34.4 Å². The molecule has 0 saturated carbocycles. The predicted octanol–water partition coefficient (Wildman–Crippen LogP) is 3.40. The standard InChI is InChI=1S/C18H28N2O/c1-11(2)20-17(21)8-6-7-16(19)18(20)15-10-13(4)12(3)9-14(15)5/h9-11,16,18H,6-8,19H2,1-5H3. The van der Waals surface area contributed by atoms with Crippen LogP contribution in [0.2, 0.25) is 0 Å². The van der Waals surface area contributed by atoms with E-state index in [0.717, 1.165) is 12.8 Å². The third-order valence-electron chi connectivity index (χ3n) is 4.68. The maximum atomic E-state index is 12.5. The van der Waals surface area contributed by atoms with E-state index in [1.807, 2.05) is 4.90 Å². The smallest absolute Gasteiger partial charge is 0.223 e. The van der Waals surface area contributed by atoms with E-state index in [0.29, 0.717) is 6.42 Å². The van der Waals surface area contributed by atoms with E-state index in [2.05, 4.69) is 46.8 Å². The first-order valence-corrected chi connectivity index (χ1v) is 7.97. The summed E-state index contributed by atoms with van der Waals surface area (Å²) in [5, 5.41) is 0. The molecule has 0 bridgehead atoms. The molecule has 1 aliphatic heterocycles. The zero-order valence-electron chi connectivity index (χ0n) is 13.9. The lowest BCUT2D eigenvalue weighted by Crippen LogP contribution is -2.46. The fourth-order valence-electron chi connectivity index (χ4n) is 3.43. The fourth-order valence-corrected chi connectivity index (χ4v) is 3.43. The van der Waals surface area contributed by atoms with Crippen molar-refractivity contribution in [3.63, 3.8) is 0 Å². The van der Waals surface area contributed by atoms with E-state index in [1.165, 1.54) is 22.3 Å². The highest BCUT2D eigenvalue weighted by Crippen LogP contribution is 2.34. The summed E-state index contributed by atoms with van der Waals surface area (Å²) in [5.74, 6) is 0.237. The lowest BCUT2D eigenvalue weighted by molar-refractivity contribution is -0.135. The van der Waals surface area contributed by atoms with Gasteiger partial charge in [-0.05, 0) is 69.7 Å². The Balaban J connectivity index is 2.54. The van der Waals surface area contributed by atoms with Crippen LogP contribution in [0.3, 0.4) is 0 Å². The van der Waals surface area contributed by atoms with Crippen molar-refractivity contribution < 1.29 is 4.79 Å². The summed E-state index contributed by atoms with van der Waals surface area (Å²) in [6.45, 7) is 10.5. The van der Waals surface area contributed by atoms with Gasteiger partial charge in [-0.3, -0.25) is 4.79 Å². The summed E-state index contributed by atoms with van der Waals surface area (Å²) in [7, 11) is 0. The van der Waals surface area contributed by atoms with Crippen molar-refractivity contribution in [2.24, 2.45) is 5.73 Å². The molecule has 0 aromatic heterocycles. The number of hydrogen-bond acceptors (Lipinski definition) is 2. The first-order chi connectivity index (χ1) is 9.82. The molecule has 1 saturated heterocycles. The third kappa shape index (κ3) is 3.13. The minimum absolute atomic E-state index is 0.000648. The number of carbonyl (C=O) groups is 1. The Hall–Kier alpha value is -1.35. The van der Waals surface area contributed by atoms with Gasteiger partial charge in [0.1, 0.15) is 0 Å². The Bertz CT molecular complexity index is 536. The summed E-state index contributed by atoms with van der Waals surface area (Å²) < 4.78 is 0. The quantitative estimate of drug-likeness (QED) is 0.906. The number of carbonyl (C=O) groups excluding carboxylic acids is 1. The second-order valence-corrected chi connectivity index (χ2v) is 6.69. The molecule has 0 radical (unpaired) electrons. The maximum Gasteiger partial charge on any atom is 0.223 e. The molecule has 116 valence electrons. The predicted molar refractivity (Wildman–Crippen MR) is 87.2 cm³/mol. The van der Waals surface area contributed by atoms with Gasteiger partial charge in [-0.25, -0.2) is 0 Å². The second-order valence-electron chi connectivity index (χ2n) is 6.69. The number of amides is 1. The maximum absolute atomic E-state index is 12.5. The Morgan fingerprint density at radius 2 is 1.76 bits per heavy atom. The molecule has 2 rings (SSSR count). The van der Waals surface area contributed by atoms with Crippen molar-refractivity contribution in [1.29, 1.82) is 0 Å². The molecule has 3 nitrogen and oxygen atoms in total. The van der Waals surface area contributed by atoms with Crippen molar-refractivity contribution >= 4 is 5.91 Å². The molecule has 1 aromatic rings. The molecule has 1 amide bonds. The van der Waals surface area contributed by atoms with Crippen LogP contribution in [0.15, 0.2) is 12.1 Å². The SMILES string of the molecule is Cc1cc(C)c(C2C(N)CCCC(=O)N2C(C)C)cc1C. The number of aryl methyl sites for hydroxylation is 3. The number of nitrogens with two attached hydrogens (primary N) is 1. The van der Waals surface area contributed by atoms with Crippen molar-refractivity contribution in [2.45, 2.75) is 72.0 Å². The molecule has 0 aliphatic carbocycles. The molecular weight excluding hydrogens is 260 g/mol. The van der Waals surface area contributed by atoms with Gasteiger partial charge < -0.3 is 10.6 Å². The van der Waals surface area contributed by atoms with Crippen LogP contribution in [0, 0.1) is 20.8 Å². The topological polar surface area (TPSA) is 46.3 Å². The first kappa shape index (κ1) is 16.0. The van der Waals surface area contributed by atoms with Crippen molar-refractivity contribution in [1.82, 2.24) is 4.90 Å². The molecule has 1 heterocycles. The molecular formula is C18H28N2O. The van der Waals surface area contributed by atoms with Gasteiger partial charge in [0.05, 0.1) is 6.04 Å². The Kier molecular flexibility index (Phi) is 4.72. The minimum Gasteiger partial charge on any atom is -0.332 e. The average Bonchev–Trinajstić information content (AvgIpc) is 2.53. The van der Waals surface area contributed by atoms with Gasteiger partial charge in [0.25, 0.3) is 0 Å². The number of benzene rings is 1. The lowest BCUT2D eigenvalue weighted by atomic mass is 9.89. The average molecular weight is 288 g/mol. The molecule has 3 heteroatoms. The van der Waals surface area contributed by atoms with Crippen LogP contribution < -0.4 is 5.73 Å². The fraction of sp³-hybridized carbons (Fsp3) is 0.611. The van der Waals surface area contributed by atoms with E-state index in [4.69, 9.17) is 5.73 Å². The van der Waals surface area contributed by atoms with Crippen molar-refractivity contribution in [3.8, 4) is 0 Å². The number of rotatable bonds is 2. The summed E-state index contributed by atoms with van der Waals surface area (Å²) in [5.41, 5.74) is 11.5. The highest BCUT2D eigenvalue weighted by atomic mass is 16.2. The van der Waals surface area contributed by atoms with Crippen LogP contribution in [0.4, 0.5) is 0 Å². The third-order valence-corrected chi connectivity index (χ3v) is 4.68. The molecule has 1 aromatic carbocycles. The number of nitrogens with zero attached hydrogens (tertiary/aromatic N) is 1. The van der Waals surface area contributed by atoms with E-state index in [-0.39, 0.29) is 24.0 Å². The summed E-state index contributed by atoms with van der Waals surface area (Å²) in [6.07, 6.45) is 2.42. The molecule has 1 fully saturated rings. The molecule has 2 atom stereocenters. The molecule has 0 spiro atoms. The van der Waals surface area contributed by atoms with Gasteiger partial charge >= 0.3 is 0 Å². The van der Waals surface area contributed by atoms with E-state index >= 15 is 0 Å². The second kappa shape index (κ2) is 6.18. The van der Waals surface area contributed by atoms with E-state index < -0.39 is 0 Å². The molecule has 2 unspecified atom stereocenters. The van der Waals surface area contributed by atoms with Gasteiger partial charge in [0.2, 0.25) is 5.91 Å². The van der Waals surface area contributed by atoms with Crippen LogP contribution in [0.25, 0.3) is 0 Å². The van der Waals surface area contributed by atoms with Gasteiger partial charge in [0.15, 0.2) is 0 Å². The van der Waals surface area contributed by atoms with E-state index in [9.17, 15) is 4.79 Å². The Labute approximate surface area is 128 Å². The van der Waals surface area contributed by atoms with Crippen LogP contribution in [0.1, 0.15) is 61.4 Å². The zero-order valence-corrected chi connectivity index (χ0v) is 13.9. The monoisotopic (exact) mass is 288 g/mol. The summed E-state index contributed by atoms with van der Waals surface area (Å²) in [6, 6.07) is 4.63. The van der Waals surface area contributed by atoms with Crippen LogP contribution in [-0.4, -0.2) is 22.9 Å². The van der Waals surface area contributed by atoms with Crippen molar-refractivity contribution in [2.75, 3.05) is 0 Å². The largest absolute Gasteiger partial charge is 0.332 e. The highest BCUT2D eigenvalue weighted by molar-refractivity contribution is 5.77. The molecule has 2 N–H and O–H groups in total. The van der Waals surface area contributed by atoms with Gasteiger partial charge in [-0.15, -0.1) is 0 Å². The van der Waals surface area contributed by atoms with Crippen LogP contribution >= 0.6 is 0 Å². The van der Waals surface area contributed by atoms with Crippen LogP contribution in [-0.2, 0) is 4.79 Å². The number of hydrogen-bond donors (Lipinski definition) is 1. The van der Waals surface area contributed by atoms with Gasteiger partial charge in [0, 0.05) is 18.5 Å². The van der Waals surface area contributed by atoms with Gasteiger partial charge in [-0.1, -0.05) is 12.1 Å². The van der Waals surface area contributed by atoms with E-state index in [1.54, 1.807) is 0 Å². The highest BCUT2D eigenvalue weighted by Gasteiger charge is 2.35. The summed E-state index contributed by atoms with van der Waals surface area (Å²) >= 11 is 0. The Morgan fingerprint density at radius 3 is 2.38 bits per heavy atom. The van der Waals surface area contributed by atoms with Gasteiger partial charge in [-0.2, -0.15) is 0 Å². The zero-order chi connectivity index (χ0) is 15.7. The van der Waals surface area contributed by atoms with Crippen LogP contribution in [0.5, 0.6) is 0 Å². The molecule has 21 heavy (non-hydrogen) atoms. The number of likely N-dealkylation sites (tertiary alicyclic amines) is 1. The summed E-state index contributed by atoms with van der Waals surface area (Å²) in [4.78, 5) is 14.5. The lowest BCUT2D eigenvalue weighted by Gasteiger charge is -2.38. The first-order valence-electron chi connectivity index (χ1n) is 7.97. The molecule has 1 aliphatic rings. The normalized spacial score (nSPS) is 23.6. The minimum atomic E-state index is -0.000648. The Morgan fingerprint density at radius 1 is 1.14 bits per heavy atom.